The average Bonchev–Trinajstić information content (AvgIpc) is 2.82. The van der Waals surface area contributed by atoms with Crippen LogP contribution in [0.25, 0.3) is 0 Å². The fraction of sp³-hybridized carbons (Fsp3) is 0.700. The zero-order valence-electron chi connectivity index (χ0n) is 24.0. The molecule has 7 heteroatoms. The van der Waals surface area contributed by atoms with Gasteiger partial charge in [0.2, 0.25) is 11.8 Å². The fourth-order valence-electron chi connectivity index (χ4n) is 4.96. The largest absolute Gasteiger partial charge is 0.444 e. The van der Waals surface area contributed by atoms with E-state index in [9.17, 15) is 14.4 Å². The zero-order valence-corrected chi connectivity index (χ0v) is 24.0. The van der Waals surface area contributed by atoms with Crippen LogP contribution in [0.2, 0.25) is 0 Å². The zero-order chi connectivity index (χ0) is 27.4. The van der Waals surface area contributed by atoms with Crippen molar-refractivity contribution in [3.63, 3.8) is 0 Å². The van der Waals surface area contributed by atoms with Crippen molar-refractivity contribution in [2.45, 2.75) is 123 Å². The third-order valence-electron chi connectivity index (χ3n) is 6.84. The summed E-state index contributed by atoms with van der Waals surface area (Å²) < 4.78 is 5.32. The van der Waals surface area contributed by atoms with E-state index in [0.717, 1.165) is 74.5 Å². The van der Waals surface area contributed by atoms with Gasteiger partial charge in [0, 0.05) is 12.6 Å². The molecule has 3 amide bonds. The minimum Gasteiger partial charge on any atom is -0.444 e. The minimum absolute atomic E-state index is 0.135. The lowest BCUT2D eigenvalue weighted by molar-refractivity contribution is -0.140. The molecule has 2 rings (SSSR count). The van der Waals surface area contributed by atoms with Crippen LogP contribution >= 0.6 is 0 Å². The number of hydrogen-bond donors (Lipinski definition) is 2. The highest BCUT2D eigenvalue weighted by Gasteiger charge is 2.33. The average molecular weight is 516 g/mol. The number of benzene rings is 1. The molecule has 2 N–H and O–H groups in total. The van der Waals surface area contributed by atoms with Crippen LogP contribution in [0.4, 0.5) is 4.79 Å². The molecule has 0 bridgehead atoms. The van der Waals surface area contributed by atoms with Gasteiger partial charge < -0.3 is 20.3 Å². The molecule has 0 aromatic heterocycles. The van der Waals surface area contributed by atoms with Crippen molar-refractivity contribution >= 4 is 17.9 Å². The second-order valence-corrected chi connectivity index (χ2v) is 11.5. The molecule has 0 radical (unpaired) electrons. The molecule has 1 aliphatic rings. The maximum atomic E-state index is 13.8. The molecule has 0 heterocycles. The van der Waals surface area contributed by atoms with Gasteiger partial charge in [0.05, 0.1) is 0 Å². The molecule has 1 aromatic rings. The van der Waals surface area contributed by atoms with Crippen LogP contribution in [0.3, 0.4) is 0 Å². The van der Waals surface area contributed by atoms with E-state index in [-0.39, 0.29) is 24.4 Å². The summed E-state index contributed by atoms with van der Waals surface area (Å²) >= 11 is 0. The van der Waals surface area contributed by atoms with Gasteiger partial charge in [-0.1, -0.05) is 75.6 Å². The van der Waals surface area contributed by atoms with Crippen LogP contribution in [0.5, 0.6) is 0 Å². The second-order valence-electron chi connectivity index (χ2n) is 11.5. The molecule has 0 saturated heterocycles. The maximum absolute atomic E-state index is 13.8. The Labute approximate surface area is 224 Å². The first-order chi connectivity index (χ1) is 17.5. The first-order valence-electron chi connectivity index (χ1n) is 14.2. The second kappa shape index (κ2) is 15.0. The van der Waals surface area contributed by atoms with Gasteiger partial charge in [-0.3, -0.25) is 9.59 Å². The Morgan fingerprint density at radius 3 is 2.32 bits per heavy atom. The molecule has 0 spiro atoms. The number of nitrogens with one attached hydrogen (secondary N) is 2. The van der Waals surface area contributed by atoms with E-state index in [1.807, 2.05) is 26.0 Å². The molecule has 37 heavy (non-hydrogen) atoms. The number of amides is 3. The summed E-state index contributed by atoms with van der Waals surface area (Å²) in [5.41, 5.74) is 2.26. The lowest BCUT2D eigenvalue weighted by atomic mass is 9.93. The molecule has 1 aliphatic carbocycles. The number of unbranched alkanes of at least 4 members (excludes halogenated alkanes) is 4. The van der Waals surface area contributed by atoms with Crippen molar-refractivity contribution in [2.75, 3.05) is 13.1 Å². The Hall–Kier alpha value is -2.57. The van der Waals surface area contributed by atoms with E-state index >= 15 is 0 Å². The van der Waals surface area contributed by atoms with E-state index in [0.29, 0.717) is 6.54 Å². The Morgan fingerprint density at radius 2 is 1.70 bits per heavy atom. The van der Waals surface area contributed by atoms with Gasteiger partial charge in [-0.15, -0.1) is 0 Å². The summed E-state index contributed by atoms with van der Waals surface area (Å²) in [6.07, 6.45) is 9.89. The Kier molecular flexibility index (Phi) is 12.4. The fourth-order valence-corrected chi connectivity index (χ4v) is 4.96. The summed E-state index contributed by atoms with van der Waals surface area (Å²) in [4.78, 5) is 41.4. The summed E-state index contributed by atoms with van der Waals surface area (Å²) in [5, 5.41) is 5.85. The summed E-state index contributed by atoms with van der Waals surface area (Å²) in [6.45, 7) is 11.8. The van der Waals surface area contributed by atoms with Gasteiger partial charge in [-0.2, -0.15) is 0 Å². The number of carbonyl (C=O) groups is 3. The van der Waals surface area contributed by atoms with Crippen LogP contribution in [-0.2, 0) is 14.3 Å². The van der Waals surface area contributed by atoms with Crippen molar-refractivity contribution in [1.82, 2.24) is 15.5 Å². The number of nitrogens with zero attached hydrogens (tertiary/aromatic N) is 1. The van der Waals surface area contributed by atoms with Crippen LogP contribution in [-0.4, -0.2) is 47.5 Å². The van der Waals surface area contributed by atoms with Crippen LogP contribution < -0.4 is 10.6 Å². The number of rotatable bonds is 12. The normalized spacial score (nSPS) is 15.1. The number of ether oxygens (including phenoxy) is 1. The Morgan fingerprint density at radius 1 is 1.03 bits per heavy atom. The van der Waals surface area contributed by atoms with E-state index in [1.54, 1.807) is 25.7 Å². The quantitative estimate of drug-likeness (QED) is 0.328. The molecule has 1 atom stereocenters. The monoisotopic (exact) mass is 515 g/mol. The van der Waals surface area contributed by atoms with Gasteiger partial charge in [0.25, 0.3) is 0 Å². The molecular formula is C30H49N3O4. The van der Waals surface area contributed by atoms with Gasteiger partial charge in [0.1, 0.15) is 18.2 Å². The smallest absolute Gasteiger partial charge is 0.408 e. The first kappa shape index (κ1) is 30.7. The van der Waals surface area contributed by atoms with Gasteiger partial charge >= 0.3 is 6.09 Å². The lowest BCUT2D eigenvalue weighted by Gasteiger charge is -2.34. The lowest BCUT2D eigenvalue weighted by Crippen LogP contribution is -2.50. The van der Waals surface area contributed by atoms with Crippen molar-refractivity contribution in [3.05, 3.63) is 34.9 Å². The van der Waals surface area contributed by atoms with Crippen molar-refractivity contribution < 1.29 is 19.1 Å². The molecular weight excluding hydrogens is 466 g/mol. The van der Waals surface area contributed by atoms with Crippen molar-refractivity contribution in [3.8, 4) is 0 Å². The van der Waals surface area contributed by atoms with Gasteiger partial charge in [0.15, 0.2) is 0 Å². The summed E-state index contributed by atoms with van der Waals surface area (Å²) in [7, 11) is 0. The minimum atomic E-state index is -0.748. The van der Waals surface area contributed by atoms with E-state index < -0.39 is 17.7 Å². The SMILES string of the molecule is CCCCCCCN(C(=O)CNC(=O)OC(C)(C)C)C(C(=O)NC1CCCCC1)c1ccc(C)cc1C. The predicted molar refractivity (Wildman–Crippen MR) is 148 cm³/mol. The molecule has 1 unspecified atom stereocenters. The maximum Gasteiger partial charge on any atom is 0.408 e. The van der Waals surface area contributed by atoms with Crippen LogP contribution in [0, 0.1) is 13.8 Å². The van der Waals surface area contributed by atoms with E-state index in [1.165, 1.54) is 6.42 Å². The topological polar surface area (TPSA) is 87.7 Å². The number of hydrogen-bond acceptors (Lipinski definition) is 4. The molecule has 208 valence electrons. The van der Waals surface area contributed by atoms with E-state index in [4.69, 9.17) is 4.74 Å². The third-order valence-corrected chi connectivity index (χ3v) is 6.84. The first-order valence-corrected chi connectivity index (χ1v) is 14.2. The number of alkyl carbamates (subject to hydrolysis) is 1. The highest BCUT2D eigenvalue weighted by molar-refractivity contribution is 5.90. The van der Waals surface area contributed by atoms with Crippen molar-refractivity contribution in [1.29, 1.82) is 0 Å². The summed E-state index contributed by atoms with van der Waals surface area (Å²) in [5.74, 6) is -0.428. The Balaban J connectivity index is 2.31. The molecule has 1 fully saturated rings. The Bertz CT molecular complexity index is 887. The van der Waals surface area contributed by atoms with Gasteiger partial charge in [-0.05, 0) is 65.0 Å². The van der Waals surface area contributed by atoms with Crippen LogP contribution in [0.15, 0.2) is 18.2 Å². The summed E-state index contributed by atoms with van der Waals surface area (Å²) in [6, 6.07) is 5.40. The number of aryl methyl sites for hydroxylation is 2. The predicted octanol–water partition coefficient (Wildman–Crippen LogP) is 6.12. The molecule has 0 aliphatic heterocycles. The standard InChI is InChI=1S/C30H49N3O4/c1-7-8-9-10-14-19-33(26(34)21-31-29(36)37-30(4,5)6)27(25-18-17-22(2)20-23(25)3)28(35)32-24-15-12-11-13-16-24/h17-18,20,24,27H,7-16,19,21H2,1-6H3,(H,31,36)(H,32,35). The van der Waals surface area contributed by atoms with Gasteiger partial charge in [-0.25, -0.2) is 4.79 Å². The number of carbonyl (C=O) groups excluding carboxylic acids is 3. The molecule has 1 aromatic carbocycles. The van der Waals surface area contributed by atoms with Crippen LogP contribution in [0.1, 0.15) is 115 Å². The molecule has 1 saturated carbocycles. The van der Waals surface area contributed by atoms with Crippen molar-refractivity contribution in [2.24, 2.45) is 0 Å². The van der Waals surface area contributed by atoms with E-state index in [2.05, 4.69) is 23.6 Å². The highest BCUT2D eigenvalue weighted by Crippen LogP contribution is 2.28. The molecule has 7 nitrogen and oxygen atoms in total. The highest BCUT2D eigenvalue weighted by atomic mass is 16.6. The third kappa shape index (κ3) is 10.7.